The molecule has 2 aromatic rings. The maximum absolute atomic E-state index is 10.6. The molecule has 110 valence electrons. The molecule has 0 fully saturated rings. The first-order valence-corrected chi connectivity index (χ1v) is 7.10. The van der Waals surface area contributed by atoms with Crippen LogP contribution in [0.15, 0.2) is 46.9 Å². The van der Waals surface area contributed by atoms with Crippen molar-refractivity contribution in [3.63, 3.8) is 0 Å². The Labute approximate surface area is 130 Å². The van der Waals surface area contributed by atoms with Crippen molar-refractivity contribution in [1.82, 2.24) is 0 Å². The molecular formula is C15H14BrNO4. The smallest absolute Gasteiger partial charge is 0.269 e. The minimum Gasteiger partial charge on any atom is -0.488 e. The molecule has 21 heavy (non-hydrogen) atoms. The molecule has 0 aromatic heterocycles. The Morgan fingerprint density at radius 3 is 2.52 bits per heavy atom. The van der Waals surface area contributed by atoms with E-state index < -0.39 is 11.0 Å². The van der Waals surface area contributed by atoms with Gasteiger partial charge in [0.25, 0.3) is 5.69 Å². The van der Waals surface area contributed by atoms with Crippen molar-refractivity contribution >= 4 is 21.6 Å². The first-order chi connectivity index (χ1) is 9.97. The monoisotopic (exact) mass is 351 g/mol. The molecule has 0 heterocycles. The van der Waals surface area contributed by atoms with E-state index in [0.717, 1.165) is 10.0 Å². The molecule has 0 saturated heterocycles. The van der Waals surface area contributed by atoms with Crippen molar-refractivity contribution in [2.75, 3.05) is 0 Å². The lowest BCUT2D eigenvalue weighted by atomic mass is 10.1. The lowest BCUT2D eigenvalue weighted by Crippen LogP contribution is -2.01. The maximum atomic E-state index is 10.6. The van der Waals surface area contributed by atoms with Gasteiger partial charge in [-0.25, -0.2) is 0 Å². The Morgan fingerprint density at radius 2 is 1.95 bits per heavy atom. The van der Waals surface area contributed by atoms with Gasteiger partial charge in [-0.3, -0.25) is 10.1 Å². The number of nitrogens with zero attached hydrogens (tertiary/aromatic N) is 1. The first-order valence-electron chi connectivity index (χ1n) is 6.31. The predicted molar refractivity (Wildman–Crippen MR) is 82.2 cm³/mol. The summed E-state index contributed by atoms with van der Waals surface area (Å²) >= 11 is 3.36. The largest absolute Gasteiger partial charge is 0.488 e. The van der Waals surface area contributed by atoms with Crippen molar-refractivity contribution in [2.24, 2.45) is 0 Å². The maximum Gasteiger partial charge on any atom is 0.269 e. The molecule has 0 aliphatic rings. The van der Waals surface area contributed by atoms with E-state index in [-0.39, 0.29) is 12.3 Å². The number of hydrogen-bond acceptors (Lipinski definition) is 4. The number of ether oxygens (including phenoxy) is 1. The fourth-order valence-corrected chi connectivity index (χ4v) is 2.19. The number of benzene rings is 2. The minimum atomic E-state index is -0.634. The second-order valence-electron chi connectivity index (χ2n) is 4.57. The third-order valence-corrected chi connectivity index (χ3v) is 3.46. The Kier molecular flexibility index (Phi) is 4.93. The molecule has 2 rings (SSSR count). The average molecular weight is 352 g/mol. The van der Waals surface area contributed by atoms with Gasteiger partial charge in [-0.05, 0) is 36.8 Å². The summed E-state index contributed by atoms with van der Waals surface area (Å²) in [7, 11) is 0. The van der Waals surface area contributed by atoms with Crippen LogP contribution in [0.25, 0.3) is 0 Å². The molecule has 5 nitrogen and oxygen atoms in total. The fourth-order valence-electron chi connectivity index (χ4n) is 1.85. The van der Waals surface area contributed by atoms with Gasteiger partial charge in [0.1, 0.15) is 12.4 Å². The molecule has 0 amide bonds. The highest BCUT2D eigenvalue weighted by Crippen LogP contribution is 2.29. The highest BCUT2D eigenvalue weighted by atomic mass is 79.9. The number of non-ortho nitro benzene ring substituents is 1. The Hall–Kier alpha value is -1.92. The van der Waals surface area contributed by atoms with Gasteiger partial charge in [0.15, 0.2) is 0 Å². The zero-order valence-corrected chi connectivity index (χ0v) is 12.9. The molecule has 0 bridgehead atoms. The van der Waals surface area contributed by atoms with Gasteiger partial charge >= 0.3 is 0 Å². The Bertz CT molecular complexity index is 641. The number of nitro benzene ring substituents is 1. The van der Waals surface area contributed by atoms with Crippen LogP contribution in [0.2, 0.25) is 0 Å². The van der Waals surface area contributed by atoms with Gasteiger partial charge in [-0.15, -0.1) is 0 Å². The number of rotatable bonds is 5. The van der Waals surface area contributed by atoms with E-state index in [4.69, 9.17) is 4.74 Å². The molecule has 1 N–H and O–H groups in total. The SMILES string of the molecule is C[C@H](O)c1ccc(Br)cc1OCc1ccc([N+](=O)[O-])cc1. The molecule has 0 spiro atoms. The van der Waals surface area contributed by atoms with Crippen LogP contribution in [-0.2, 0) is 6.61 Å². The van der Waals surface area contributed by atoms with E-state index in [1.54, 1.807) is 31.2 Å². The van der Waals surface area contributed by atoms with E-state index >= 15 is 0 Å². The van der Waals surface area contributed by atoms with Crippen molar-refractivity contribution in [3.8, 4) is 5.75 Å². The molecule has 1 atom stereocenters. The van der Waals surface area contributed by atoms with Gasteiger partial charge in [0.05, 0.1) is 11.0 Å². The van der Waals surface area contributed by atoms with Crippen LogP contribution in [0.1, 0.15) is 24.2 Å². The molecule has 6 heteroatoms. The van der Waals surface area contributed by atoms with Crippen LogP contribution in [0.4, 0.5) is 5.69 Å². The van der Waals surface area contributed by atoms with E-state index in [1.807, 2.05) is 6.07 Å². The standard InChI is InChI=1S/C15H14BrNO4/c1-10(18)14-7-4-12(16)8-15(14)21-9-11-2-5-13(6-3-11)17(19)20/h2-8,10,18H,9H2,1H3/t10-/m0/s1. The average Bonchev–Trinajstić information content (AvgIpc) is 2.45. The molecule has 0 radical (unpaired) electrons. The zero-order valence-electron chi connectivity index (χ0n) is 11.3. The predicted octanol–water partition coefficient (Wildman–Crippen LogP) is 3.99. The summed E-state index contributed by atoms with van der Waals surface area (Å²) in [4.78, 5) is 10.1. The van der Waals surface area contributed by atoms with Crippen LogP contribution >= 0.6 is 15.9 Å². The van der Waals surface area contributed by atoms with E-state index in [0.29, 0.717) is 11.3 Å². The van der Waals surface area contributed by atoms with Crippen molar-refractivity contribution in [2.45, 2.75) is 19.6 Å². The van der Waals surface area contributed by atoms with Crippen molar-refractivity contribution in [3.05, 3.63) is 68.2 Å². The Morgan fingerprint density at radius 1 is 1.29 bits per heavy atom. The van der Waals surface area contributed by atoms with Crippen LogP contribution in [0.3, 0.4) is 0 Å². The van der Waals surface area contributed by atoms with Crippen LogP contribution < -0.4 is 4.74 Å². The summed E-state index contributed by atoms with van der Waals surface area (Å²) in [6.07, 6.45) is -0.634. The first kappa shape index (κ1) is 15.5. The molecule has 0 saturated carbocycles. The fraction of sp³-hybridized carbons (Fsp3) is 0.200. The van der Waals surface area contributed by atoms with Gasteiger partial charge in [-0.1, -0.05) is 22.0 Å². The third kappa shape index (κ3) is 4.03. The summed E-state index contributed by atoms with van der Waals surface area (Å²) in [5, 5.41) is 20.3. The highest BCUT2D eigenvalue weighted by Gasteiger charge is 2.10. The molecule has 0 aliphatic carbocycles. The Balaban J connectivity index is 2.12. The van der Waals surface area contributed by atoms with Crippen molar-refractivity contribution < 1.29 is 14.8 Å². The van der Waals surface area contributed by atoms with E-state index in [2.05, 4.69) is 15.9 Å². The molecular weight excluding hydrogens is 338 g/mol. The quantitative estimate of drug-likeness (QED) is 0.652. The van der Waals surface area contributed by atoms with Gasteiger partial charge < -0.3 is 9.84 Å². The van der Waals surface area contributed by atoms with E-state index in [1.165, 1.54) is 12.1 Å². The second-order valence-corrected chi connectivity index (χ2v) is 5.49. The summed E-state index contributed by atoms with van der Waals surface area (Å²) in [5.74, 6) is 0.581. The minimum absolute atomic E-state index is 0.0471. The van der Waals surface area contributed by atoms with Crippen molar-refractivity contribution in [1.29, 1.82) is 0 Å². The summed E-state index contributed by atoms with van der Waals surface area (Å²) in [6, 6.07) is 11.6. The lowest BCUT2D eigenvalue weighted by molar-refractivity contribution is -0.384. The van der Waals surface area contributed by atoms with Crippen LogP contribution in [0, 0.1) is 10.1 Å². The third-order valence-electron chi connectivity index (χ3n) is 2.97. The van der Waals surface area contributed by atoms with Gasteiger partial charge in [0, 0.05) is 22.2 Å². The summed E-state index contributed by atoms with van der Waals surface area (Å²) < 4.78 is 6.56. The highest BCUT2D eigenvalue weighted by molar-refractivity contribution is 9.10. The summed E-state index contributed by atoms with van der Waals surface area (Å²) in [5.41, 5.74) is 1.56. The number of aliphatic hydroxyl groups excluding tert-OH is 1. The van der Waals surface area contributed by atoms with E-state index in [9.17, 15) is 15.2 Å². The van der Waals surface area contributed by atoms with Gasteiger partial charge in [0.2, 0.25) is 0 Å². The number of halogens is 1. The second kappa shape index (κ2) is 6.69. The molecule has 2 aromatic carbocycles. The zero-order chi connectivity index (χ0) is 15.4. The van der Waals surface area contributed by atoms with Crippen LogP contribution in [-0.4, -0.2) is 10.0 Å². The summed E-state index contributed by atoms with van der Waals surface area (Å²) in [6.45, 7) is 1.94. The van der Waals surface area contributed by atoms with Gasteiger partial charge in [-0.2, -0.15) is 0 Å². The number of nitro groups is 1. The molecule has 0 aliphatic heterocycles. The number of hydrogen-bond donors (Lipinski definition) is 1. The number of aliphatic hydroxyl groups is 1. The topological polar surface area (TPSA) is 72.6 Å². The molecule has 0 unspecified atom stereocenters. The van der Waals surface area contributed by atoms with Crippen LogP contribution in [0.5, 0.6) is 5.75 Å². The normalized spacial score (nSPS) is 12.0. The lowest BCUT2D eigenvalue weighted by Gasteiger charge is -2.14.